The molecule has 1 fully saturated rings. The van der Waals surface area contributed by atoms with Crippen molar-refractivity contribution in [3.63, 3.8) is 0 Å². The third kappa shape index (κ3) is 4.08. The van der Waals surface area contributed by atoms with Gasteiger partial charge in [-0.25, -0.2) is 0 Å². The molecule has 150 valence electrons. The average Bonchev–Trinajstić information content (AvgIpc) is 3.35. The number of nitrogens with zero attached hydrogens (tertiary/aromatic N) is 3. The number of anilines is 2. The van der Waals surface area contributed by atoms with E-state index >= 15 is 0 Å². The van der Waals surface area contributed by atoms with Crippen LogP contribution >= 0.6 is 0 Å². The fourth-order valence-electron chi connectivity index (χ4n) is 3.18. The molecule has 1 aromatic heterocycles. The van der Waals surface area contributed by atoms with Gasteiger partial charge in [0.1, 0.15) is 0 Å². The first-order chi connectivity index (χ1) is 13.9. The zero-order valence-corrected chi connectivity index (χ0v) is 15.2. The molecule has 1 aliphatic rings. The predicted molar refractivity (Wildman–Crippen MR) is 100 cm³/mol. The van der Waals surface area contributed by atoms with Crippen molar-refractivity contribution in [1.29, 1.82) is 0 Å². The highest BCUT2D eigenvalue weighted by Gasteiger charge is 2.30. The Morgan fingerprint density at radius 1 is 1.10 bits per heavy atom. The highest BCUT2D eigenvalue weighted by molar-refractivity contribution is 5.98. The summed E-state index contributed by atoms with van der Waals surface area (Å²) in [5, 5.41) is 7.01. The van der Waals surface area contributed by atoms with E-state index in [4.69, 9.17) is 4.52 Å². The lowest BCUT2D eigenvalue weighted by Gasteiger charge is -2.19. The summed E-state index contributed by atoms with van der Waals surface area (Å²) < 4.78 is 43.2. The van der Waals surface area contributed by atoms with E-state index in [2.05, 4.69) is 15.5 Å². The highest BCUT2D eigenvalue weighted by Crippen LogP contribution is 2.31. The van der Waals surface area contributed by atoms with Gasteiger partial charge in [-0.05, 0) is 30.7 Å². The second kappa shape index (κ2) is 7.57. The molecule has 0 radical (unpaired) electrons. The van der Waals surface area contributed by atoms with Crippen LogP contribution in [0.5, 0.6) is 0 Å². The molecule has 29 heavy (non-hydrogen) atoms. The van der Waals surface area contributed by atoms with E-state index in [1.54, 1.807) is 4.90 Å². The van der Waals surface area contributed by atoms with Gasteiger partial charge in [0.15, 0.2) is 0 Å². The molecule has 0 aliphatic carbocycles. The number of carbonyl (C=O) groups excluding carboxylic acids is 1. The molecule has 4 rings (SSSR count). The zero-order chi connectivity index (χ0) is 20.4. The first kappa shape index (κ1) is 19.0. The summed E-state index contributed by atoms with van der Waals surface area (Å²) in [5.74, 6) is 0.572. The van der Waals surface area contributed by atoms with E-state index in [1.165, 1.54) is 12.1 Å². The van der Waals surface area contributed by atoms with Crippen molar-refractivity contribution in [2.75, 3.05) is 16.8 Å². The summed E-state index contributed by atoms with van der Waals surface area (Å²) in [4.78, 5) is 18.0. The Kier molecular flexibility index (Phi) is 4.96. The van der Waals surface area contributed by atoms with E-state index in [0.717, 1.165) is 29.9 Å². The van der Waals surface area contributed by atoms with Gasteiger partial charge in [0.2, 0.25) is 17.6 Å². The first-order valence-corrected chi connectivity index (χ1v) is 9.05. The van der Waals surface area contributed by atoms with Crippen molar-refractivity contribution < 1.29 is 22.5 Å². The summed E-state index contributed by atoms with van der Waals surface area (Å²) in [5.41, 5.74) is 1.24. The summed E-state index contributed by atoms with van der Waals surface area (Å²) in [6.07, 6.45) is -3.03. The number of hydrogen-bond acceptors (Lipinski definition) is 5. The molecule has 3 aromatic rings. The van der Waals surface area contributed by atoms with E-state index < -0.39 is 11.7 Å². The molecule has 0 spiro atoms. The summed E-state index contributed by atoms with van der Waals surface area (Å²) in [6, 6.07) is 12.0. The lowest BCUT2D eigenvalue weighted by atomic mass is 10.1. The highest BCUT2D eigenvalue weighted by atomic mass is 19.4. The van der Waals surface area contributed by atoms with Crippen molar-refractivity contribution in [2.24, 2.45) is 0 Å². The summed E-state index contributed by atoms with van der Waals surface area (Å²) in [7, 11) is 0. The van der Waals surface area contributed by atoms with Crippen LogP contribution in [0.1, 0.15) is 24.3 Å². The molecule has 1 aliphatic heterocycles. The minimum atomic E-state index is -4.39. The van der Waals surface area contributed by atoms with Gasteiger partial charge in [-0.1, -0.05) is 29.4 Å². The quantitative estimate of drug-likeness (QED) is 0.681. The molecule has 9 heteroatoms. The predicted octanol–water partition coefficient (Wildman–Crippen LogP) is 4.49. The minimum absolute atomic E-state index is 0.0848. The smallest absolute Gasteiger partial charge is 0.374 e. The summed E-state index contributed by atoms with van der Waals surface area (Å²) >= 11 is 0. The van der Waals surface area contributed by atoms with Gasteiger partial charge in [0, 0.05) is 18.5 Å². The average molecular weight is 402 g/mol. The molecule has 2 heterocycles. The van der Waals surface area contributed by atoms with Gasteiger partial charge in [-0.15, -0.1) is 0 Å². The second-order valence-electron chi connectivity index (χ2n) is 6.61. The van der Waals surface area contributed by atoms with Gasteiger partial charge < -0.3 is 14.7 Å². The van der Waals surface area contributed by atoms with Crippen LogP contribution in [0.4, 0.5) is 24.5 Å². The number of hydrogen-bond donors (Lipinski definition) is 1. The van der Waals surface area contributed by atoms with Crippen LogP contribution < -0.4 is 10.2 Å². The maximum Gasteiger partial charge on any atom is 0.416 e. The van der Waals surface area contributed by atoms with Crippen LogP contribution in [-0.2, 0) is 17.5 Å². The Morgan fingerprint density at radius 3 is 2.55 bits per heavy atom. The lowest BCUT2D eigenvalue weighted by Crippen LogP contribution is -2.24. The number of amides is 1. The van der Waals surface area contributed by atoms with Crippen LogP contribution in [0, 0.1) is 0 Å². The molecule has 0 unspecified atom stereocenters. The number of rotatable bonds is 5. The molecule has 2 aromatic carbocycles. The van der Waals surface area contributed by atoms with Gasteiger partial charge in [-0.3, -0.25) is 4.79 Å². The van der Waals surface area contributed by atoms with Crippen LogP contribution in [-0.4, -0.2) is 22.6 Å². The van der Waals surface area contributed by atoms with Crippen LogP contribution in [0.25, 0.3) is 11.4 Å². The standard InChI is InChI=1S/C20H17F3N4O2/c21-20(22,23)14-9-7-13(8-10-14)19-25-17(29-26-19)12-24-15-4-1-2-5-16(15)27-11-3-6-18(27)28/h1-2,4-5,7-10,24H,3,6,11-12H2. The number of carbonyl (C=O) groups is 1. The van der Waals surface area contributed by atoms with Gasteiger partial charge in [0.05, 0.1) is 23.5 Å². The minimum Gasteiger partial charge on any atom is -0.374 e. The van der Waals surface area contributed by atoms with Crippen molar-refractivity contribution >= 4 is 17.3 Å². The molecule has 1 saturated heterocycles. The SMILES string of the molecule is O=C1CCCN1c1ccccc1NCc1nc(-c2ccc(C(F)(F)F)cc2)no1. The summed E-state index contributed by atoms with van der Waals surface area (Å²) in [6.45, 7) is 0.892. The van der Waals surface area contributed by atoms with Crippen molar-refractivity contribution in [3.8, 4) is 11.4 Å². The van der Waals surface area contributed by atoms with Gasteiger partial charge in [-0.2, -0.15) is 18.2 Å². The topological polar surface area (TPSA) is 71.3 Å². The molecule has 1 amide bonds. The Hall–Kier alpha value is -3.36. The maximum atomic E-state index is 12.7. The number of alkyl halides is 3. The number of nitrogens with one attached hydrogen (secondary N) is 1. The van der Waals surface area contributed by atoms with Crippen LogP contribution in [0.3, 0.4) is 0 Å². The normalized spacial score (nSPS) is 14.4. The van der Waals surface area contributed by atoms with E-state index in [-0.39, 0.29) is 24.2 Å². The van der Waals surface area contributed by atoms with E-state index in [1.807, 2.05) is 24.3 Å². The molecule has 6 nitrogen and oxygen atoms in total. The Balaban J connectivity index is 1.46. The fraction of sp³-hybridized carbons (Fsp3) is 0.250. The molecule has 0 bridgehead atoms. The fourth-order valence-corrected chi connectivity index (χ4v) is 3.18. The van der Waals surface area contributed by atoms with Gasteiger partial charge in [0.25, 0.3) is 0 Å². The maximum absolute atomic E-state index is 12.7. The third-order valence-electron chi connectivity index (χ3n) is 4.64. The number of halogens is 3. The zero-order valence-electron chi connectivity index (χ0n) is 15.2. The largest absolute Gasteiger partial charge is 0.416 e. The van der Waals surface area contributed by atoms with Crippen molar-refractivity contribution in [3.05, 3.63) is 60.0 Å². The Labute approximate surface area is 164 Å². The Morgan fingerprint density at radius 2 is 1.86 bits per heavy atom. The van der Waals surface area contributed by atoms with Crippen LogP contribution in [0.15, 0.2) is 53.1 Å². The van der Waals surface area contributed by atoms with Crippen molar-refractivity contribution in [1.82, 2.24) is 10.1 Å². The first-order valence-electron chi connectivity index (χ1n) is 9.05. The second-order valence-corrected chi connectivity index (χ2v) is 6.61. The molecule has 0 saturated carbocycles. The number of aromatic nitrogens is 2. The monoisotopic (exact) mass is 402 g/mol. The van der Waals surface area contributed by atoms with E-state index in [9.17, 15) is 18.0 Å². The van der Waals surface area contributed by atoms with Gasteiger partial charge >= 0.3 is 6.18 Å². The lowest BCUT2D eigenvalue weighted by molar-refractivity contribution is -0.137. The van der Waals surface area contributed by atoms with E-state index in [0.29, 0.717) is 18.5 Å². The molecule has 0 atom stereocenters. The molecular weight excluding hydrogens is 385 g/mol. The third-order valence-corrected chi connectivity index (χ3v) is 4.64. The number of para-hydroxylation sites is 2. The van der Waals surface area contributed by atoms with Crippen LogP contribution in [0.2, 0.25) is 0 Å². The molecular formula is C20H17F3N4O2. The van der Waals surface area contributed by atoms with Crippen molar-refractivity contribution in [2.45, 2.75) is 25.6 Å². The molecule has 1 N–H and O–H groups in total. The Bertz CT molecular complexity index is 1020. The number of benzene rings is 2.